The predicted molar refractivity (Wildman–Crippen MR) is 105 cm³/mol. The van der Waals surface area contributed by atoms with Crippen LogP contribution in [0.5, 0.6) is 5.75 Å². The molecule has 0 fully saturated rings. The summed E-state index contributed by atoms with van der Waals surface area (Å²) >= 11 is 3.60. The number of nitrogens with zero attached hydrogens (tertiary/aromatic N) is 2. The minimum absolute atomic E-state index is 0.0221. The van der Waals surface area contributed by atoms with Crippen molar-refractivity contribution in [3.8, 4) is 5.75 Å². The Morgan fingerprint density at radius 1 is 1.20 bits per heavy atom. The molecule has 0 radical (unpaired) electrons. The molecule has 0 N–H and O–H groups in total. The summed E-state index contributed by atoms with van der Waals surface area (Å²) in [6.45, 7) is 6.56. The second-order valence-corrected chi connectivity index (χ2v) is 8.05. The molecule has 0 unspecified atom stereocenters. The van der Waals surface area contributed by atoms with E-state index >= 15 is 0 Å². The number of aryl methyl sites for hydroxylation is 1. The van der Waals surface area contributed by atoms with Crippen LogP contribution in [-0.2, 0) is 6.42 Å². The minimum atomic E-state index is -0.0221. The van der Waals surface area contributed by atoms with Gasteiger partial charge < -0.3 is 4.74 Å². The molecule has 0 amide bonds. The molecule has 0 saturated heterocycles. The largest absolute Gasteiger partial charge is 0.468 e. The number of benzene rings is 2. The highest BCUT2D eigenvalue weighted by atomic mass is 79.9. The smallest absolute Gasteiger partial charge is 0.190 e. The third-order valence-corrected chi connectivity index (χ3v) is 5.54. The Morgan fingerprint density at radius 3 is 2.64 bits per heavy atom. The van der Waals surface area contributed by atoms with Gasteiger partial charge in [0.05, 0.1) is 11.8 Å². The van der Waals surface area contributed by atoms with Gasteiger partial charge in [-0.1, -0.05) is 61.0 Å². The summed E-state index contributed by atoms with van der Waals surface area (Å²) in [4.78, 5) is 0. The summed E-state index contributed by atoms with van der Waals surface area (Å²) in [6.07, 6.45) is 1.96. The molecule has 2 aliphatic rings. The molecule has 2 aromatic rings. The van der Waals surface area contributed by atoms with Crippen molar-refractivity contribution in [3.63, 3.8) is 0 Å². The maximum Gasteiger partial charge on any atom is 0.190 e. The maximum absolute atomic E-state index is 6.28. The molecule has 2 atom stereocenters. The van der Waals surface area contributed by atoms with Gasteiger partial charge in [-0.15, -0.1) is 0 Å². The van der Waals surface area contributed by atoms with Crippen LogP contribution in [0.3, 0.4) is 0 Å². The summed E-state index contributed by atoms with van der Waals surface area (Å²) in [5.41, 5.74) is 4.94. The Morgan fingerprint density at radius 2 is 1.96 bits per heavy atom. The fraction of sp³-hybridized carbons (Fsp3) is 0.381. The van der Waals surface area contributed by atoms with E-state index in [2.05, 4.69) is 78.1 Å². The van der Waals surface area contributed by atoms with Crippen LogP contribution in [0.4, 0.5) is 0 Å². The zero-order valence-electron chi connectivity index (χ0n) is 14.9. The summed E-state index contributed by atoms with van der Waals surface area (Å²) < 4.78 is 7.36. The van der Waals surface area contributed by atoms with E-state index in [1.54, 1.807) is 0 Å². The highest BCUT2D eigenvalue weighted by Crippen LogP contribution is 2.45. The van der Waals surface area contributed by atoms with Gasteiger partial charge in [-0.2, -0.15) is 5.10 Å². The highest BCUT2D eigenvalue weighted by Gasteiger charge is 2.41. The molecular formula is C21H23BrN2O. The van der Waals surface area contributed by atoms with Crippen molar-refractivity contribution in [3.05, 3.63) is 63.6 Å². The van der Waals surface area contributed by atoms with Crippen molar-refractivity contribution >= 4 is 21.6 Å². The average molecular weight is 399 g/mol. The van der Waals surface area contributed by atoms with Crippen molar-refractivity contribution in [1.82, 2.24) is 5.01 Å². The molecule has 25 heavy (non-hydrogen) atoms. The van der Waals surface area contributed by atoms with Gasteiger partial charge in [0, 0.05) is 22.4 Å². The predicted octanol–water partition coefficient (Wildman–Crippen LogP) is 5.54. The second-order valence-electron chi connectivity index (χ2n) is 7.13. The fourth-order valence-electron chi connectivity index (χ4n) is 3.63. The maximum atomic E-state index is 6.28. The van der Waals surface area contributed by atoms with E-state index < -0.39 is 0 Å². The van der Waals surface area contributed by atoms with Crippen LogP contribution in [0, 0.1) is 5.92 Å². The van der Waals surface area contributed by atoms with Crippen LogP contribution in [0.2, 0.25) is 0 Å². The monoisotopic (exact) mass is 398 g/mol. The van der Waals surface area contributed by atoms with Crippen LogP contribution < -0.4 is 4.74 Å². The number of hydrogen-bond acceptors (Lipinski definition) is 3. The lowest BCUT2D eigenvalue weighted by atomic mass is 9.95. The lowest BCUT2D eigenvalue weighted by Crippen LogP contribution is -2.43. The topological polar surface area (TPSA) is 24.8 Å². The number of halogens is 1. The molecule has 0 aromatic heterocycles. The zero-order chi connectivity index (χ0) is 17.6. The normalized spacial score (nSPS) is 21.6. The number of ether oxygens (including phenoxy) is 1. The Bertz CT molecular complexity index is 813. The molecule has 0 saturated carbocycles. The van der Waals surface area contributed by atoms with Gasteiger partial charge in [0.25, 0.3) is 0 Å². The van der Waals surface area contributed by atoms with E-state index in [4.69, 9.17) is 9.84 Å². The summed E-state index contributed by atoms with van der Waals surface area (Å²) in [5.74, 6) is 1.35. The van der Waals surface area contributed by atoms with E-state index in [9.17, 15) is 0 Å². The summed E-state index contributed by atoms with van der Waals surface area (Å²) in [6, 6.07) is 15.3. The first-order chi connectivity index (χ1) is 12.1. The van der Waals surface area contributed by atoms with Crippen molar-refractivity contribution < 1.29 is 4.74 Å². The first-order valence-electron chi connectivity index (χ1n) is 8.98. The van der Waals surface area contributed by atoms with Crippen molar-refractivity contribution in [1.29, 1.82) is 0 Å². The van der Waals surface area contributed by atoms with Crippen molar-refractivity contribution in [2.24, 2.45) is 11.0 Å². The summed E-state index contributed by atoms with van der Waals surface area (Å²) in [7, 11) is 0. The van der Waals surface area contributed by atoms with Gasteiger partial charge in [-0.3, -0.25) is 0 Å². The van der Waals surface area contributed by atoms with E-state index in [1.165, 1.54) is 16.7 Å². The Kier molecular flexibility index (Phi) is 4.32. The molecule has 0 aliphatic carbocycles. The van der Waals surface area contributed by atoms with E-state index in [0.29, 0.717) is 5.92 Å². The van der Waals surface area contributed by atoms with Gasteiger partial charge >= 0.3 is 0 Å². The molecule has 2 aliphatic heterocycles. The van der Waals surface area contributed by atoms with E-state index in [-0.39, 0.29) is 12.3 Å². The van der Waals surface area contributed by atoms with E-state index in [0.717, 1.165) is 28.8 Å². The molecular weight excluding hydrogens is 376 g/mol. The minimum Gasteiger partial charge on any atom is -0.468 e. The third kappa shape index (κ3) is 2.97. The average Bonchev–Trinajstić information content (AvgIpc) is 3.06. The van der Waals surface area contributed by atoms with Crippen LogP contribution in [-0.4, -0.2) is 16.9 Å². The molecule has 0 spiro atoms. The molecule has 4 heteroatoms. The lowest BCUT2D eigenvalue weighted by Gasteiger charge is -2.40. The van der Waals surface area contributed by atoms with Gasteiger partial charge in [0.2, 0.25) is 0 Å². The van der Waals surface area contributed by atoms with Gasteiger partial charge in [0.15, 0.2) is 6.23 Å². The summed E-state index contributed by atoms with van der Waals surface area (Å²) in [5, 5.41) is 7.15. The SMILES string of the molecule is CCc1ccc(C2=NN3[C@H](C2)c2cc(Br)ccc2O[C@H]3C(C)C)cc1. The standard InChI is InChI=1S/C21H23BrN2O/c1-4-14-5-7-15(8-6-14)18-12-19-17-11-16(22)9-10-20(17)25-21(13(2)3)24(19)23-18/h5-11,13,19,21H,4,12H2,1-3H3/t19-,21+/m1/s1. The first kappa shape index (κ1) is 16.6. The molecule has 2 aromatic carbocycles. The van der Waals surface area contributed by atoms with Crippen LogP contribution in [0.25, 0.3) is 0 Å². The lowest BCUT2D eigenvalue weighted by molar-refractivity contribution is -0.0461. The van der Waals surface area contributed by atoms with Crippen molar-refractivity contribution in [2.45, 2.75) is 45.9 Å². The number of rotatable bonds is 3. The van der Waals surface area contributed by atoms with Crippen LogP contribution in [0.15, 0.2) is 52.0 Å². The first-order valence-corrected chi connectivity index (χ1v) is 9.77. The highest BCUT2D eigenvalue weighted by molar-refractivity contribution is 9.10. The molecule has 130 valence electrons. The molecule has 3 nitrogen and oxygen atoms in total. The van der Waals surface area contributed by atoms with E-state index in [1.807, 2.05) is 6.07 Å². The van der Waals surface area contributed by atoms with Gasteiger partial charge in [-0.25, -0.2) is 5.01 Å². The Labute approximate surface area is 157 Å². The molecule has 4 rings (SSSR count). The molecule has 0 bridgehead atoms. The second kappa shape index (κ2) is 6.49. The third-order valence-electron chi connectivity index (χ3n) is 5.05. The molecule has 2 heterocycles. The Balaban J connectivity index is 1.72. The Hall–Kier alpha value is -1.81. The number of hydrazone groups is 1. The number of hydrogen-bond donors (Lipinski definition) is 0. The van der Waals surface area contributed by atoms with Crippen LogP contribution in [0.1, 0.15) is 49.9 Å². The quantitative estimate of drug-likeness (QED) is 0.677. The number of fused-ring (bicyclic) bond motifs is 3. The zero-order valence-corrected chi connectivity index (χ0v) is 16.5. The van der Waals surface area contributed by atoms with Gasteiger partial charge in [-0.05, 0) is 35.7 Å². The fourth-order valence-corrected chi connectivity index (χ4v) is 4.01. The van der Waals surface area contributed by atoms with Gasteiger partial charge in [0.1, 0.15) is 5.75 Å². The van der Waals surface area contributed by atoms with Crippen molar-refractivity contribution in [2.75, 3.05) is 0 Å². The van der Waals surface area contributed by atoms with Crippen LogP contribution >= 0.6 is 15.9 Å².